The van der Waals surface area contributed by atoms with Crippen molar-refractivity contribution in [3.8, 4) is 0 Å². The smallest absolute Gasteiger partial charge is 0.243 e. The van der Waals surface area contributed by atoms with Gasteiger partial charge in [0, 0.05) is 24.0 Å². The van der Waals surface area contributed by atoms with Crippen molar-refractivity contribution in [3.05, 3.63) is 12.4 Å². The van der Waals surface area contributed by atoms with E-state index in [1.54, 1.807) is 22.6 Å². The van der Waals surface area contributed by atoms with E-state index >= 15 is 0 Å². The molecular formula is C12H22N4O2S2. The number of hydrogen-bond donors (Lipinski definition) is 2. The van der Waals surface area contributed by atoms with Crippen LogP contribution in [0.5, 0.6) is 0 Å². The summed E-state index contributed by atoms with van der Waals surface area (Å²) < 4.78 is 29.2. The van der Waals surface area contributed by atoms with Gasteiger partial charge in [0.2, 0.25) is 10.0 Å². The number of thioether (sulfide) groups is 1. The zero-order valence-electron chi connectivity index (χ0n) is 11.9. The van der Waals surface area contributed by atoms with E-state index in [2.05, 4.69) is 15.1 Å². The first-order valence-corrected chi connectivity index (χ1v) is 9.56. The van der Waals surface area contributed by atoms with E-state index in [1.807, 2.05) is 13.3 Å². The zero-order chi connectivity index (χ0) is 14.6. The van der Waals surface area contributed by atoms with Gasteiger partial charge in [0.15, 0.2) is 0 Å². The molecular weight excluding hydrogens is 296 g/mol. The van der Waals surface area contributed by atoms with Crippen molar-refractivity contribution in [1.29, 1.82) is 0 Å². The summed E-state index contributed by atoms with van der Waals surface area (Å²) in [6.45, 7) is 1.41. The van der Waals surface area contributed by atoms with Crippen molar-refractivity contribution in [2.45, 2.75) is 42.0 Å². The van der Waals surface area contributed by atoms with Gasteiger partial charge in [-0.15, -0.1) is 0 Å². The second-order valence-corrected chi connectivity index (χ2v) is 7.77. The monoisotopic (exact) mass is 318 g/mol. The molecule has 1 aliphatic rings. The van der Waals surface area contributed by atoms with E-state index in [9.17, 15) is 8.42 Å². The summed E-state index contributed by atoms with van der Waals surface area (Å²) in [5.41, 5.74) is 0. The zero-order valence-corrected chi connectivity index (χ0v) is 13.5. The summed E-state index contributed by atoms with van der Waals surface area (Å²) in [7, 11) is -1.61. The molecule has 0 aromatic carbocycles. The van der Waals surface area contributed by atoms with Crippen LogP contribution in [0, 0.1) is 0 Å². The Morgan fingerprint density at radius 1 is 1.50 bits per heavy atom. The van der Waals surface area contributed by atoms with Crippen LogP contribution in [0.15, 0.2) is 17.3 Å². The molecule has 2 atom stereocenters. The maximum Gasteiger partial charge on any atom is 0.243 e. The lowest BCUT2D eigenvalue weighted by Crippen LogP contribution is -2.38. The molecule has 1 saturated carbocycles. The molecule has 1 aliphatic carbocycles. The highest BCUT2D eigenvalue weighted by Gasteiger charge is 2.31. The van der Waals surface area contributed by atoms with E-state index in [0.717, 1.165) is 25.8 Å². The Kier molecular flexibility index (Phi) is 5.48. The Labute approximate surface area is 124 Å². The highest BCUT2D eigenvalue weighted by atomic mass is 32.2. The first-order valence-electron chi connectivity index (χ1n) is 6.79. The molecule has 1 fully saturated rings. The fourth-order valence-corrected chi connectivity index (χ4v) is 4.73. The van der Waals surface area contributed by atoms with Gasteiger partial charge in [-0.25, -0.2) is 13.1 Å². The average Bonchev–Trinajstić information content (AvgIpc) is 3.04. The number of nitrogens with zero attached hydrogens (tertiary/aromatic N) is 2. The SMILES string of the molecule is CNCCn1cc(S(=O)(=O)NC2CCCC2SC)cn1. The Morgan fingerprint density at radius 3 is 3.00 bits per heavy atom. The molecule has 2 N–H and O–H groups in total. The maximum atomic E-state index is 12.3. The standard InChI is InChI=1S/C12H22N4O2S2/c1-13-6-7-16-9-10(8-14-16)20(17,18)15-11-4-3-5-12(11)19-2/h8-9,11-13,15H,3-7H2,1-2H3. The van der Waals surface area contributed by atoms with Gasteiger partial charge in [-0.3, -0.25) is 4.68 Å². The first kappa shape index (κ1) is 15.8. The second kappa shape index (κ2) is 6.93. The Hall–Kier alpha value is -0.570. The fourth-order valence-electron chi connectivity index (χ4n) is 2.44. The summed E-state index contributed by atoms with van der Waals surface area (Å²) in [4.78, 5) is 0.250. The van der Waals surface area contributed by atoms with Gasteiger partial charge in [0.25, 0.3) is 0 Å². The number of hydrogen-bond acceptors (Lipinski definition) is 5. The molecule has 0 spiro atoms. The molecule has 1 aromatic heterocycles. The van der Waals surface area contributed by atoms with Crippen LogP contribution in [-0.4, -0.2) is 49.3 Å². The van der Waals surface area contributed by atoms with Gasteiger partial charge in [0.05, 0.1) is 12.7 Å². The number of sulfonamides is 1. The van der Waals surface area contributed by atoms with E-state index < -0.39 is 10.0 Å². The van der Waals surface area contributed by atoms with E-state index in [-0.39, 0.29) is 10.9 Å². The maximum absolute atomic E-state index is 12.3. The lowest BCUT2D eigenvalue weighted by Gasteiger charge is -2.18. The first-order chi connectivity index (χ1) is 9.56. The molecule has 0 radical (unpaired) electrons. The Morgan fingerprint density at radius 2 is 2.30 bits per heavy atom. The summed E-state index contributed by atoms with van der Waals surface area (Å²) in [5, 5.41) is 7.47. The van der Waals surface area contributed by atoms with Crippen molar-refractivity contribution < 1.29 is 8.42 Å². The Balaban J connectivity index is 2.04. The van der Waals surface area contributed by atoms with Gasteiger partial charge < -0.3 is 5.32 Å². The van der Waals surface area contributed by atoms with Gasteiger partial charge in [-0.2, -0.15) is 16.9 Å². The van der Waals surface area contributed by atoms with Gasteiger partial charge in [-0.05, 0) is 26.1 Å². The van der Waals surface area contributed by atoms with Crippen LogP contribution < -0.4 is 10.0 Å². The highest BCUT2D eigenvalue weighted by molar-refractivity contribution is 7.99. The second-order valence-electron chi connectivity index (χ2n) is 4.98. The number of rotatable bonds is 7. The lowest BCUT2D eigenvalue weighted by atomic mass is 10.3. The molecule has 8 heteroatoms. The molecule has 0 bridgehead atoms. The highest BCUT2D eigenvalue weighted by Crippen LogP contribution is 2.29. The van der Waals surface area contributed by atoms with E-state index in [4.69, 9.17) is 0 Å². The number of likely N-dealkylation sites (N-methyl/N-ethyl adjacent to an activating group) is 1. The van der Waals surface area contributed by atoms with Crippen molar-refractivity contribution >= 4 is 21.8 Å². The van der Waals surface area contributed by atoms with Gasteiger partial charge in [0.1, 0.15) is 4.90 Å². The minimum absolute atomic E-state index is 0.0376. The van der Waals surface area contributed by atoms with Crippen LogP contribution in [0.25, 0.3) is 0 Å². The molecule has 20 heavy (non-hydrogen) atoms. The quantitative estimate of drug-likeness (QED) is 0.772. The third-order valence-electron chi connectivity index (χ3n) is 3.57. The van der Waals surface area contributed by atoms with Crippen LogP contribution in [0.3, 0.4) is 0 Å². The molecule has 2 unspecified atom stereocenters. The molecule has 6 nitrogen and oxygen atoms in total. The normalized spacial score (nSPS) is 23.3. The summed E-state index contributed by atoms with van der Waals surface area (Å²) in [6.07, 6.45) is 8.12. The number of nitrogens with one attached hydrogen (secondary N) is 2. The minimum atomic E-state index is -3.46. The average molecular weight is 318 g/mol. The molecule has 0 amide bonds. The molecule has 0 aliphatic heterocycles. The predicted octanol–water partition coefficient (Wildman–Crippen LogP) is 0.665. The predicted molar refractivity (Wildman–Crippen MR) is 81.4 cm³/mol. The fraction of sp³-hybridized carbons (Fsp3) is 0.750. The molecule has 0 saturated heterocycles. The molecule has 1 aromatic rings. The largest absolute Gasteiger partial charge is 0.318 e. The van der Waals surface area contributed by atoms with Crippen LogP contribution in [0.4, 0.5) is 0 Å². The number of aromatic nitrogens is 2. The third-order valence-corrected chi connectivity index (χ3v) is 6.19. The molecule has 2 rings (SSSR count). The van der Waals surface area contributed by atoms with Gasteiger partial charge in [-0.1, -0.05) is 6.42 Å². The van der Waals surface area contributed by atoms with E-state index in [1.165, 1.54) is 6.20 Å². The topological polar surface area (TPSA) is 76.0 Å². The molecule has 1 heterocycles. The van der Waals surface area contributed by atoms with Crippen LogP contribution in [0.1, 0.15) is 19.3 Å². The van der Waals surface area contributed by atoms with Crippen LogP contribution in [0.2, 0.25) is 0 Å². The summed E-state index contributed by atoms with van der Waals surface area (Å²) >= 11 is 1.74. The lowest BCUT2D eigenvalue weighted by molar-refractivity contribution is 0.554. The Bertz CT molecular complexity index is 529. The van der Waals surface area contributed by atoms with Crippen LogP contribution in [-0.2, 0) is 16.6 Å². The third kappa shape index (κ3) is 3.75. The summed E-state index contributed by atoms with van der Waals surface area (Å²) in [5.74, 6) is 0. The van der Waals surface area contributed by atoms with Crippen molar-refractivity contribution in [2.75, 3.05) is 19.8 Å². The van der Waals surface area contributed by atoms with Crippen molar-refractivity contribution in [1.82, 2.24) is 19.8 Å². The van der Waals surface area contributed by atoms with Crippen molar-refractivity contribution in [3.63, 3.8) is 0 Å². The summed E-state index contributed by atoms with van der Waals surface area (Å²) in [6, 6.07) is 0.0376. The van der Waals surface area contributed by atoms with Gasteiger partial charge >= 0.3 is 0 Å². The van der Waals surface area contributed by atoms with E-state index in [0.29, 0.717) is 11.8 Å². The minimum Gasteiger partial charge on any atom is -0.318 e. The molecule has 114 valence electrons. The van der Waals surface area contributed by atoms with Crippen molar-refractivity contribution in [2.24, 2.45) is 0 Å². The van der Waals surface area contributed by atoms with Crippen LogP contribution >= 0.6 is 11.8 Å².